The van der Waals surface area contributed by atoms with Crippen molar-refractivity contribution >= 4 is 10.2 Å². The molecule has 0 aliphatic heterocycles. The highest BCUT2D eigenvalue weighted by atomic mass is 32.3. The molecule has 0 atom stereocenters. The Kier molecular flexibility index (Phi) is 4.99. The maximum atomic E-state index is 12.8. The Bertz CT molecular complexity index is 685. The summed E-state index contributed by atoms with van der Waals surface area (Å²) in [6.07, 6.45) is 1.71. The fourth-order valence-corrected chi connectivity index (χ4v) is 2.12. The molecule has 9 heteroatoms. The molecule has 0 amide bonds. The maximum Gasteiger partial charge on any atom is 0.332 e. The lowest BCUT2D eigenvalue weighted by molar-refractivity contribution is 0.199. The third-order valence-corrected chi connectivity index (χ3v) is 3.55. The van der Waals surface area contributed by atoms with Gasteiger partial charge in [0, 0.05) is 20.2 Å². The number of rotatable bonds is 7. The number of ether oxygens (including phenoxy) is 1. The Labute approximate surface area is 121 Å². The quantitative estimate of drug-likeness (QED) is 0.597. The average Bonchev–Trinajstić information content (AvgIpc) is 2.92. The van der Waals surface area contributed by atoms with Gasteiger partial charge in [0.2, 0.25) is 0 Å². The summed E-state index contributed by atoms with van der Waals surface area (Å²) >= 11 is 0. The second-order valence-electron chi connectivity index (χ2n) is 4.26. The first-order valence-corrected chi connectivity index (χ1v) is 7.55. The average molecular weight is 314 g/mol. The van der Waals surface area contributed by atoms with Crippen molar-refractivity contribution in [2.45, 2.75) is 11.4 Å². The van der Waals surface area contributed by atoms with Gasteiger partial charge < -0.3 is 10.1 Å². The van der Waals surface area contributed by atoms with E-state index in [2.05, 4.69) is 15.6 Å². The molecule has 0 saturated heterocycles. The molecule has 21 heavy (non-hydrogen) atoms. The number of hydrogen-bond acceptors (Lipinski definition) is 6. The molecular formula is C12H15FN4O3S. The second-order valence-corrected chi connectivity index (χ2v) is 5.60. The summed E-state index contributed by atoms with van der Waals surface area (Å²) < 4.78 is 40.7. The van der Waals surface area contributed by atoms with Crippen molar-refractivity contribution in [3.05, 3.63) is 36.2 Å². The fourth-order valence-electron chi connectivity index (χ4n) is 1.66. The molecule has 114 valence electrons. The Morgan fingerprint density at radius 2 is 2.05 bits per heavy atom. The topological polar surface area (TPSA) is 86.1 Å². The molecule has 1 heterocycles. The Balaban J connectivity index is 2.04. The van der Waals surface area contributed by atoms with Crippen LogP contribution >= 0.6 is 0 Å². The van der Waals surface area contributed by atoms with Crippen LogP contribution in [0.15, 0.2) is 35.4 Å². The zero-order valence-electron chi connectivity index (χ0n) is 11.4. The van der Waals surface area contributed by atoms with Crippen LogP contribution in [-0.2, 0) is 21.5 Å². The van der Waals surface area contributed by atoms with Crippen LogP contribution in [0.3, 0.4) is 0 Å². The standard InChI is InChI=1S/C12H15FN4O3S/c1-20-7-6-14-8-10-9-17(16-15-10)11-2-4-12(5-3-11)21(13,18)19/h2-5,9,14H,6-8H2,1H3. The number of hydrogen-bond donors (Lipinski definition) is 1. The van der Waals surface area contributed by atoms with Gasteiger partial charge in [-0.2, -0.15) is 8.42 Å². The van der Waals surface area contributed by atoms with Crippen molar-refractivity contribution in [3.63, 3.8) is 0 Å². The van der Waals surface area contributed by atoms with Crippen molar-refractivity contribution in [1.29, 1.82) is 0 Å². The molecule has 2 aromatic rings. The lowest BCUT2D eigenvalue weighted by Crippen LogP contribution is -2.18. The van der Waals surface area contributed by atoms with Crippen molar-refractivity contribution in [3.8, 4) is 5.69 Å². The molecule has 0 spiro atoms. The number of nitrogens with zero attached hydrogens (tertiary/aromatic N) is 3. The van der Waals surface area contributed by atoms with Gasteiger partial charge in [-0.3, -0.25) is 0 Å². The van der Waals surface area contributed by atoms with Crippen LogP contribution in [0.2, 0.25) is 0 Å². The van der Waals surface area contributed by atoms with E-state index >= 15 is 0 Å². The molecule has 7 nitrogen and oxygen atoms in total. The minimum atomic E-state index is -4.68. The molecule has 0 radical (unpaired) electrons. The van der Waals surface area contributed by atoms with Gasteiger partial charge in [0.1, 0.15) is 0 Å². The number of aromatic nitrogens is 3. The predicted molar refractivity (Wildman–Crippen MR) is 73.2 cm³/mol. The van der Waals surface area contributed by atoms with Gasteiger partial charge in [0.15, 0.2) is 0 Å². The summed E-state index contributed by atoms with van der Waals surface area (Å²) in [5.74, 6) is 0. The van der Waals surface area contributed by atoms with Crippen LogP contribution in [0.5, 0.6) is 0 Å². The van der Waals surface area contributed by atoms with E-state index in [0.717, 1.165) is 5.69 Å². The highest BCUT2D eigenvalue weighted by Gasteiger charge is 2.11. The van der Waals surface area contributed by atoms with Crippen molar-refractivity contribution in [2.75, 3.05) is 20.3 Å². The van der Waals surface area contributed by atoms with Crippen molar-refractivity contribution < 1.29 is 17.0 Å². The number of halogens is 1. The van der Waals surface area contributed by atoms with Crippen LogP contribution in [0.25, 0.3) is 5.69 Å². The SMILES string of the molecule is COCCNCc1cn(-c2ccc(S(=O)(=O)F)cc2)nn1. The summed E-state index contributed by atoms with van der Waals surface area (Å²) in [5, 5.41) is 11.0. The van der Waals surface area contributed by atoms with E-state index in [4.69, 9.17) is 4.74 Å². The van der Waals surface area contributed by atoms with Crippen LogP contribution in [0, 0.1) is 0 Å². The van der Waals surface area contributed by atoms with E-state index in [1.807, 2.05) is 0 Å². The molecule has 0 bridgehead atoms. The monoisotopic (exact) mass is 314 g/mol. The summed E-state index contributed by atoms with van der Waals surface area (Å²) in [6, 6.07) is 5.29. The van der Waals surface area contributed by atoms with Crippen molar-refractivity contribution in [2.24, 2.45) is 0 Å². The van der Waals surface area contributed by atoms with E-state index in [0.29, 0.717) is 25.4 Å². The highest BCUT2D eigenvalue weighted by molar-refractivity contribution is 7.86. The lowest BCUT2D eigenvalue weighted by Gasteiger charge is -2.01. The molecule has 0 saturated carbocycles. The molecule has 1 aromatic carbocycles. The van der Waals surface area contributed by atoms with E-state index in [1.165, 1.54) is 28.9 Å². The second kappa shape index (κ2) is 6.74. The Morgan fingerprint density at radius 1 is 1.33 bits per heavy atom. The molecule has 0 aliphatic carbocycles. The number of methoxy groups -OCH3 is 1. The zero-order chi connectivity index (χ0) is 15.3. The van der Waals surface area contributed by atoms with Gasteiger partial charge in [0.05, 0.1) is 29.1 Å². The van der Waals surface area contributed by atoms with E-state index in [9.17, 15) is 12.3 Å². The smallest absolute Gasteiger partial charge is 0.332 e. The predicted octanol–water partition coefficient (Wildman–Crippen LogP) is 0.661. The molecule has 0 aliphatic rings. The largest absolute Gasteiger partial charge is 0.383 e. The minimum Gasteiger partial charge on any atom is -0.383 e. The number of benzene rings is 1. The van der Waals surface area contributed by atoms with Gasteiger partial charge in [-0.15, -0.1) is 8.98 Å². The Morgan fingerprint density at radius 3 is 2.67 bits per heavy atom. The maximum absolute atomic E-state index is 12.8. The highest BCUT2D eigenvalue weighted by Crippen LogP contribution is 2.15. The fraction of sp³-hybridized carbons (Fsp3) is 0.333. The molecular weight excluding hydrogens is 299 g/mol. The summed E-state index contributed by atoms with van der Waals surface area (Å²) in [6.45, 7) is 1.85. The van der Waals surface area contributed by atoms with Gasteiger partial charge in [-0.05, 0) is 24.3 Å². The van der Waals surface area contributed by atoms with Gasteiger partial charge >= 0.3 is 10.2 Å². The minimum absolute atomic E-state index is 0.382. The van der Waals surface area contributed by atoms with Crippen molar-refractivity contribution in [1.82, 2.24) is 20.3 Å². The molecule has 1 aromatic heterocycles. The summed E-state index contributed by atoms with van der Waals surface area (Å²) in [7, 11) is -3.06. The van der Waals surface area contributed by atoms with E-state index < -0.39 is 10.2 Å². The van der Waals surface area contributed by atoms with Gasteiger partial charge in [-0.25, -0.2) is 4.68 Å². The summed E-state index contributed by atoms with van der Waals surface area (Å²) in [5.41, 5.74) is 1.33. The molecule has 1 N–H and O–H groups in total. The van der Waals surface area contributed by atoms with Gasteiger partial charge in [-0.1, -0.05) is 5.21 Å². The lowest BCUT2D eigenvalue weighted by atomic mass is 10.3. The van der Waals surface area contributed by atoms with Gasteiger partial charge in [0.25, 0.3) is 0 Å². The van der Waals surface area contributed by atoms with Crippen LogP contribution in [0.1, 0.15) is 5.69 Å². The molecule has 0 fully saturated rings. The third-order valence-electron chi connectivity index (χ3n) is 2.71. The normalized spacial score (nSPS) is 11.7. The molecule has 2 rings (SSSR count). The van der Waals surface area contributed by atoms with E-state index in [1.54, 1.807) is 13.3 Å². The van der Waals surface area contributed by atoms with Crippen LogP contribution in [-0.4, -0.2) is 43.7 Å². The molecule has 0 unspecified atom stereocenters. The summed E-state index contributed by atoms with van der Waals surface area (Å²) in [4.78, 5) is -0.382. The van der Waals surface area contributed by atoms with Crippen LogP contribution < -0.4 is 5.32 Å². The van der Waals surface area contributed by atoms with E-state index in [-0.39, 0.29) is 4.90 Å². The number of nitrogens with one attached hydrogen (secondary N) is 1. The van der Waals surface area contributed by atoms with Crippen LogP contribution in [0.4, 0.5) is 3.89 Å². The third kappa shape index (κ3) is 4.31. The Hall–Kier alpha value is -1.84. The zero-order valence-corrected chi connectivity index (χ0v) is 12.2. The first-order valence-electron chi connectivity index (χ1n) is 6.16. The first-order chi connectivity index (χ1) is 10.0. The first kappa shape index (κ1) is 15.5.